The van der Waals surface area contributed by atoms with Crippen LogP contribution in [0.2, 0.25) is 0 Å². The summed E-state index contributed by atoms with van der Waals surface area (Å²) in [7, 11) is 0. The first-order chi connectivity index (χ1) is 9.49. The van der Waals surface area contributed by atoms with Crippen LogP contribution in [0.25, 0.3) is 0 Å². The number of carbonyl (C=O) groups is 2. The van der Waals surface area contributed by atoms with Crippen LogP contribution in [0.15, 0.2) is 29.2 Å². The van der Waals surface area contributed by atoms with E-state index >= 15 is 0 Å². The Kier molecular flexibility index (Phi) is 7.08. The molecule has 20 heavy (non-hydrogen) atoms. The van der Waals surface area contributed by atoms with E-state index in [2.05, 4.69) is 10.6 Å². The molecule has 0 radical (unpaired) electrons. The van der Waals surface area contributed by atoms with Crippen LogP contribution in [0.1, 0.15) is 20.3 Å². The highest BCUT2D eigenvalue weighted by molar-refractivity contribution is 7.99. The Morgan fingerprint density at radius 2 is 1.95 bits per heavy atom. The summed E-state index contributed by atoms with van der Waals surface area (Å²) < 4.78 is 12.7. The van der Waals surface area contributed by atoms with Gasteiger partial charge < -0.3 is 10.6 Å². The van der Waals surface area contributed by atoms with Gasteiger partial charge in [-0.15, -0.1) is 11.8 Å². The van der Waals surface area contributed by atoms with E-state index in [1.807, 2.05) is 0 Å². The van der Waals surface area contributed by atoms with Gasteiger partial charge in [-0.1, -0.05) is 0 Å². The number of hydrogen-bond donors (Lipinski definition) is 2. The minimum absolute atomic E-state index is 0.188. The molecule has 0 aromatic heterocycles. The van der Waals surface area contributed by atoms with Crippen LogP contribution in [0.3, 0.4) is 0 Å². The molecule has 4 nitrogen and oxygen atoms in total. The fourth-order valence-corrected chi connectivity index (χ4v) is 2.38. The zero-order valence-corrected chi connectivity index (χ0v) is 12.4. The molecule has 1 aromatic carbocycles. The summed E-state index contributed by atoms with van der Waals surface area (Å²) in [6.45, 7) is 3.57. The third kappa shape index (κ3) is 6.56. The summed E-state index contributed by atoms with van der Waals surface area (Å²) in [5.74, 6) is 0.181. The van der Waals surface area contributed by atoms with Gasteiger partial charge in [0.15, 0.2) is 0 Å². The third-order valence-corrected chi connectivity index (χ3v) is 3.61. The van der Waals surface area contributed by atoms with E-state index in [-0.39, 0.29) is 17.6 Å². The number of rotatable bonds is 7. The minimum Gasteiger partial charge on any atom is -0.354 e. The summed E-state index contributed by atoms with van der Waals surface area (Å²) >= 11 is 1.61. The average Bonchev–Trinajstić information content (AvgIpc) is 2.39. The van der Waals surface area contributed by atoms with E-state index in [1.165, 1.54) is 19.1 Å². The number of hydrogen-bond acceptors (Lipinski definition) is 3. The van der Waals surface area contributed by atoms with E-state index in [0.29, 0.717) is 6.54 Å². The molecule has 0 spiro atoms. The van der Waals surface area contributed by atoms with Crippen LogP contribution in [0.5, 0.6) is 0 Å². The van der Waals surface area contributed by atoms with Crippen LogP contribution < -0.4 is 10.6 Å². The van der Waals surface area contributed by atoms with Crippen molar-refractivity contribution in [3.63, 3.8) is 0 Å². The van der Waals surface area contributed by atoms with Gasteiger partial charge in [0.1, 0.15) is 11.9 Å². The van der Waals surface area contributed by atoms with Crippen LogP contribution in [-0.2, 0) is 9.59 Å². The van der Waals surface area contributed by atoms with Crippen LogP contribution in [-0.4, -0.2) is 30.2 Å². The third-order valence-electron chi connectivity index (χ3n) is 2.52. The Morgan fingerprint density at radius 1 is 1.30 bits per heavy atom. The lowest BCUT2D eigenvalue weighted by atomic mass is 10.3. The standard InChI is InChI=1S/C14H19FN2O2S/c1-10(17-11(2)18)14(19)16-8-3-9-20-13-6-4-12(15)5-7-13/h4-7,10H,3,8-9H2,1-2H3,(H,16,19)(H,17,18). The number of thioether (sulfide) groups is 1. The maximum absolute atomic E-state index is 12.7. The molecule has 0 saturated carbocycles. The van der Waals surface area contributed by atoms with Crippen molar-refractivity contribution < 1.29 is 14.0 Å². The SMILES string of the molecule is CC(=O)NC(C)C(=O)NCCCSc1ccc(F)cc1. The minimum atomic E-state index is -0.516. The molecule has 0 aliphatic heterocycles. The zero-order chi connectivity index (χ0) is 15.0. The van der Waals surface area contributed by atoms with Gasteiger partial charge >= 0.3 is 0 Å². The lowest BCUT2D eigenvalue weighted by molar-refractivity contribution is -0.127. The predicted molar refractivity (Wildman–Crippen MR) is 78.0 cm³/mol. The van der Waals surface area contributed by atoms with Gasteiger partial charge in [-0.2, -0.15) is 0 Å². The molecule has 0 aliphatic carbocycles. The van der Waals surface area contributed by atoms with Crippen molar-refractivity contribution in [2.24, 2.45) is 0 Å². The van der Waals surface area contributed by atoms with Crippen molar-refractivity contribution in [3.8, 4) is 0 Å². The van der Waals surface area contributed by atoms with Crippen LogP contribution in [0.4, 0.5) is 4.39 Å². The van der Waals surface area contributed by atoms with Gasteiger partial charge in [-0.3, -0.25) is 9.59 Å². The molecule has 0 heterocycles. The quantitative estimate of drug-likeness (QED) is 0.597. The molecule has 1 unspecified atom stereocenters. The van der Waals surface area contributed by atoms with Crippen molar-refractivity contribution >= 4 is 23.6 Å². The summed E-state index contributed by atoms with van der Waals surface area (Å²) in [6.07, 6.45) is 0.806. The van der Waals surface area contributed by atoms with Crippen molar-refractivity contribution in [1.29, 1.82) is 0 Å². The van der Waals surface area contributed by atoms with Crippen LogP contribution in [0, 0.1) is 5.82 Å². The van der Waals surface area contributed by atoms with Gasteiger partial charge in [0.25, 0.3) is 0 Å². The maximum atomic E-state index is 12.7. The molecular weight excluding hydrogens is 279 g/mol. The maximum Gasteiger partial charge on any atom is 0.242 e. The predicted octanol–water partition coefficient (Wildman–Crippen LogP) is 1.95. The monoisotopic (exact) mass is 298 g/mol. The second-order valence-corrected chi connectivity index (χ2v) is 5.54. The molecule has 1 rings (SSSR count). The number of carbonyl (C=O) groups excluding carboxylic acids is 2. The van der Waals surface area contributed by atoms with Crippen molar-refractivity contribution in [2.45, 2.75) is 31.2 Å². The molecule has 6 heteroatoms. The second kappa shape index (κ2) is 8.58. The first kappa shape index (κ1) is 16.5. The second-order valence-electron chi connectivity index (χ2n) is 4.37. The summed E-state index contributed by atoms with van der Waals surface area (Å²) in [5, 5.41) is 5.28. The van der Waals surface area contributed by atoms with Crippen molar-refractivity contribution in [1.82, 2.24) is 10.6 Å². The highest BCUT2D eigenvalue weighted by Crippen LogP contribution is 2.18. The summed E-state index contributed by atoms with van der Waals surface area (Å²) in [5.41, 5.74) is 0. The van der Waals surface area contributed by atoms with Crippen LogP contribution >= 0.6 is 11.8 Å². The van der Waals surface area contributed by atoms with E-state index < -0.39 is 6.04 Å². The normalized spacial score (nSPS) is 11.8. The van der Waals surface area contributed by atoms with Gasteiger partial charge in [0.05, 0.1) is 0 Å². The molecular formula is C14H19FN2O2S. The molecule has 0 aliphatic rings. The highest BCUT2D eigenvalue weighted by atomic mass is 32.2. The number of halogens is 1. The molecule has 2 amide bonds. The van der Waals surface area contributed by atoms with Gasteiger partial charge in [-0.05, 0) is 43.4 Å². The zero-order valence-electron chi connectivity index (χ0n) is 11.6. The summed E-state index contributed by atoms with van der Waals surface area (Å²) in [6, 6.07) is 5.81. The van der Waals surface area contributed by atoms with Gasteiger partial charge in [0, 0.05) is 18.4 Å². The first-order valence-electron chi connectivity index (χ1n) is 6.42. The number of amides is 2. The smallest absolute Gasteiger partial charge is 0.242 e. The average molecular weight is 298 g/mol. The molecule has 1 atom stereocenters. The topological polar surface area (TPSA) is 58.2 Å². The van der Waals surface area contributed by atoms with Crippen molar-refractivity contribution in [2.75, 3.05) is 12.3 Å². The highest BCUT2D eigenvalue weighted by Gasteiger charge is 2.12. The Balaban J connectivity index is 2.14. The van der Waals surface area contributed by atoms with E-state index in [9.17, 15) is 14.0 Å². The van der Waals surface area contributed by atoms with E-state index in [4.69, 9.17) is 0 Å². The van der Waals surface area contributed by atoms with E-state index in [1.54, 1.807) is 30.8 Å². The summed E-state index contributed by atoms with van der Waals surface area (Å²) in [4.78, 5) is 23.4. The fraction of sp³-hybridized carbons (Fsp3) is 0.429. The Hall–Kier alpha value is -1.56. The molecule has 0 fully saturated rings. The number of nitrogens with one attached hydrogen (secondary N) is 2. The Bertz CT molecular complexity index is 451. The lowest BCUT2D eigenvalue weighted by Gasteiger charge is -2.12. The fourth-order valence-electron chi connectivity index (χ4n) is 1.53. The van der Waals surface area contributed by atoms with E-state index in [0.717, 1.165) is 17.1 Å². The molecule has 2 N–H and O–H groups in total. The van der Waals surface area contributed by atoms with Gasteiger partial charge in [0.2, 0.25) is 11.8 Å². The first-order valence-corrected chi connectivity index (χ1v) is 7.41. The Labute approximate surface area is 122 Å². The molecule has 0 saturated heterocycles. The largest absolute Gasteiger partial charge is 0.354 e. The Morgan fingerprint density at radius 3 is 2.55 bits per heavy atom. The van der Waals surface area contributed by atoms with Gasteiger partial charge in [-0.25, -0.2) is 4.39 Å². The lowest BCUT2D eigenvalue weighted by Crippen LogP contribution is -2.44. The number of benzene rings is 1. The molecule has 0 bridgehead atoms. The molecule has 110 valence electrons. The molecule has 1 aromatic rings. The van der Waals surface area contributed by atoms with Crippen molar-refractivity contribution in [3.05, 3.63) is 30.1 Å².